The monoisotopic (exact) mass is 269 g/mol. The smallest absolute Gasteiger partial charge is 0.167 e. The first-order chi connectivity index (χ1) is 8.95. The Bertz CT molecular complexity index is 410. The van der Waals surface area contributed by atoms with Gasteiger partial charge >= 0.3 is 0 Å². The molecular formula is C14H24FN3O. The number of halogens is 1. The van der Waals surface area contributed by atoms with Crippen LogP contribution in [-0.2, 0) is 0 Å². The fourth-order valence-electron chi connectivity index (χ4n) is 1.69. The molecule has 0 aliphatic heterocycles. The van der Waals surface area contributed by atoms with Crippen LogP contribution in [0.4, 0.5) is 15.8 Å². The number of nitrogen functional groups attached to an aromatic ring is 1. The molecule has 108 valence electrons. The largest absolute Gasteiger partial charge is 0.494 e. The lowest BCUT2D eigenvalue weighted by Crippen LogP contribution is -2.28. The highest BCUT2D eigenvalue weighted by Gasteiger charge is 2.08. The van der Waals surface area contributed by atoms with E-state index in [-0.39, 0.29) is 5.75 Å². The molecule has 0 saturated heterocycles. The molecule has 0 radical (unpaired) electrons. The number of nitrogens with two attached hydrogens (primary N) is 1. The van der Waals surface area contributed by atoms with Gasteiger partial charge in [-0.15, -0.1) is 0 Å². The van der Waals surface area contributed by atoms with Crippen LogP contribution in [0, 0.1) is 5.82 Å². The lowest BCUT2D eigenvalue weighted by Gasteiger charge is -2.21. The number of benzene rings is 1. The number of nitrogens with one attached hydrogen (secondary N) is 1. The topological polar surface area (TPSA) is 50.5 Å². The molecule has 0 heterocycles. The van der Waals surface area contributed by atoms with Crippen molar-refractivity contribution in [1.82, 2.24) is 4.90 Å². The van der Waals surface area contributed by atoms with Gasteiger partial charge in [0.1, 0.15) is 0 Å². The zero-order valence-corrected chi connectivity index (χ0v) is 12.2. The predicted octanol–water partition coefficient (Wildman–Crippen LogP) is 2.56. The Balaban J connectivity index is 2.49. The molecule has 0 bridgehead atoms. The van der Waals surface area contributed by atoms with Crippen LogP contribution in [-0.4, -0.2) is 38.2 Å². The third-order valence-electron chi connectivity index (χ3n) is 3.21. The summed E-state index contributed by atoms with van der Waals surface area (Å²) in [7, 11) is 3.54. The number of nitrogens with zero attached hydrogens (tertiary/aromatic N) is 1. The number of hydrogen-bond acceptors (Lipinski definition) is 4. The Kier molecular flexibility index (Phi) is 5.89. The van der Waals surface area contributed by atoms with Gasteiger partial charge in [-0.05, 0) is 33.9 Å². The first kappa shape index (κ1) is 15.6. The van der Waals surface area contributed by atoms with E-state index in [1.54, 1.807) is 6.07 Å². The first-order valence-electron chi connectivity index (χ1n) is 6.52. The fraction of sp³-hybridized carbons (Fsp3) is 0.571. The van der Waals surface area contributed by atoms with Crippen molar-refractivity contribution in [2.24, 2.45) is 0 Å². The van der Waals surface area contributed by atoms with Crippen molar-refractivity contribution in [3.05, 3.63) is 17.9 Å². The minimum Gasteiger partial charge on any atom is -0.494 e. The average Bonchev–Trinajstić information content (AvgIpc) is 2.36. The SMILES string of the molecule is COc1cc(NCCCN(C)C(C)C)c(N)cc1F. The normalized spacial score (nSPS) is 11.1. The Morgan fingerprint density at radius 2 is 2.11 bits per heavy atom. The summed E-state index contributed by atoms with van der Waals surface area (Å²) in [6.45, 7) is 6.12. The van der Waals surface area contributed by atoms with Gasteiger partial charge in [0.15, 0.2) is 11.6 Å². The van der Waals surface area contributed by atoms with E-state index in [1.807, 2.05) is 0 Å². The fourth-order valence-corrected chi connectivity index (χ4v) is 1.69. The minimum absolute atomic E-state index is 0.205. The van der Waals surface area contributed by atoms with Gasteiger partial charge in [-0.3, -0.25) is 0 Å². The summed E-state index contributed by atoms with van der Waals surface area (Å²) in [5.41, 5.74) is 6.88. The molecule has 0 atom stereocenters. The van der Waals surface area contributed by atoms with E-state index in [1.165, 1.54) is 13.2 Å². The van der Waals surface area contributed by atoms with Gasteiger partial charge in [-0.25, -0.2) is 4.39 Å². The van der Waals surface area contributed by atoms with Crippen LogP contribution < -0.4 is 15.8 Å². The second kappa shape index (κ2) is 7.19. The lowest BCUT2D eigenvalue weighted by atomic mass is 10.2. The van der Waals surface area contributed by atoms with E-state index >= 15 is 0 Å². The Hall–Kier alpha value is -1.49. The second-order valence-corrected chi connectivity index (χ2v) is 4.93. The van der Waals surface area contributed by atoms with Gasteiger partial charge in [-0.2, -0.15) is 0 Å². The van der Waals surface area contributed by atoms with E-state index in [4.69, 9.17) is 10.5 Å². The zero-order chi connectivity index (χ0) is 14.4. The van der Waals surface area contributed by atoms with Crippen LogP contribution in [0.5, 0.6) is 5.75 Å². The van der Waals surface area contributed by atoms with Crippen molar-refractivity contribution >= 4 is 11.4 Å². The summed E-state index contributed by atoms with van der Waals surface area (Å²) in [6.07, 6.45) is 0.994. The minimum atomic E-state index is -0.440. The molecule has 4 nitrogen and oxygen atoms in total. The molecule has 1 aromatic rings. The predicted molar refractivity (Wildman–Crippen MR) is 78.2 cm³/mol. The van der Waals surface area contributed by atoms with Crippen LogP contribution in [0.3, 0.4) is 0 Å². The summed E-state index contributed by atoms with van der Waals surface area (Å²) in [6, 6.07) is 3.41. The van der Waals surface area contributed by atoms with Gasteiger partial charge in [0.05, 0.1) is 18.5 Å². The third-order valence-corrected chi connectivity index (χ3v) is 3.21. The molecule has 0 aliphatic carbocycles. The van der Waals surface area contributed by atoms with Crippen molar-refractivity contribution in [3.63, 3.8) is 0 Å². The molecule has 5 heteroatoms. The lowest BCUT2D eigenvalue weighted by molar-refractivity contribution is 0.273. The summed E-state index contributed by atoms with van der Waals surface area (Å²) >= 11 is 0. The van der Waals surface area contributed by atoms with Crippen LogP contribution in [0.1, 0.15) is 20.3 Å². The molecule has 3 N–H and O–H groups in total. The Morgan fingerprint density at radius 1 is 1.42 bits per heavy atom. The molecule has 0 unspecified atom stereocenters. The standard InChI is InChI=1S/C14H24FN3O/c1-10(2)18(3)7-5-6-17-13-9-14(19-4)11(15)8-12(13)16/h8-10,17H,5-7,16H2,1-4H3. The molecular weight excluding hydrogens is 245 g/mol. The maximum absolute atomic E-state index is 13.4. The van der Waals surface area contributed by atoms with Crippen molar-refractivity contribution in [1.29, 1.82) is 0 Å². The number of ether oxygens (including phenoxy) is 1. The van der Waals surface area contributed by atoms with Crippen LogP contribution in [0.25, 0.3) is 0 Å². The van der Waals surface area contributed by atoms with Crippen LogP contribution >= 0.6 is 0 Å². The van der Waals surface area contributed by atoms with Crippen LogP contribution in [0.15, 0.2) is 12.1 Å². The second-order valence-electron chi connectivity index (χ2n) is 4.93. The molecule has 0 amide bonds. The third kappa shape index (κ3) is 4.59. The summed E-state index contributed by atoms with van der Waals surface area (Å²) < 4.78 is 18.3. The molecule has 1 aromatic carbocycles. The molecule has 0 fully saturated rings. The Labute approximate surface area is 114 Å². The number of rotatable bonds is 7. The van der Waals surface area contributed by atoms with E-state index in [0.29, 0.717) is 17.4 Å². The maximum Gasteiger partial charge on any atom is 0.167 e. The zero-order valence-electron chi connectivity index (χ0n) is 12.2. The highest BCUT2D eigenvalue weighted by atomic mass is 19.1. The molecule has 19 heavy (non-hydrogen) atoms. The van der Waals surface area contributed by atoms with Gasteiger partial charge in [0.2, 0.25) is 0 Å². The molecule has 1 rings (SSSR count). The van der Waals surface area contributed by atoms with Gasteiger partial charge in [0.25, 0.3) is 0 Å². The number of methoxy groups -OCH3 is 1. The van der Waals surface area contributed by atoms with E-state index < -0.39 is 5.82 Å². The summed E-state index contributed by atoms with van der Waals surface area (Å²) in [4.78, 5) is 2.27. The highest BCUT2D eigenvalue weighted by molar-refractivity contribution is 5.68. The number of hydrogen-bond donors (Lipinski definition) is 2. The number of anilines is 2. The average molecular weight is 269 g/mol. The molecule has 0 aliphatic rings. The van der Waals surface area contributed by atoms with E-state index in [2.05, 4.69) is 31.1 Å². The van der Waals surface area contributed by atoms with Gasteiger partial charge < -0.3 is 20.7 Å². The maximum atomic E-state index is 13.4. The van der Waals surface area contributed by atoms with Crippen molar-refractivity contribution in [2.75, 3.05) is 38.3 Å². The molecule has 0 aromatic heterocycles. The van der Waals surface area contributed by atoms with E-state index in [9.17, 15) is 4.39 Å². The van der Waals surface area contributed by atoms with Crippen LogP contribution in [0.2, 0.25) is 0 Å². The molecule has 0 spiro atoms. The Morgan fingerprint density at radius 3 is 2.68 bits per heavy atom. The van der Waals surface area contributed by atoms with Crippen molar-refractivity contribution in [2.45, 2.75) is 26.3 Å². The summed E-state index contributed by atoms with van der Waals surface area (Å²) in [5.74, 6) is -0.235. The van der Waals surface area contributed by atoms with Gasteiger partial charge in [0, 0.05) is 24.7 Å². The van der Waals surface area contributed by atoms with Crippen molar-refractivity contribution in [3.8, 4) is 5.75 Å². The molecule has 0 saturated carbocycles. The highest BCUT2D eigenvalue weighted by Crippen LogP contribution is 2.27. The van der Waals surface area contributed by atoms with Crippen molar-refractivity contribution < 1.29 is 9.13 Å². The summed E-state index contributed by atoms with van der Waals surface area (Å²) in [5, 5.41) is 3.21. The quantitative estimate of drug-likeness (QED) is 0.590. The van der Waals surface area contributed by atoms with Gasteiger partial charge in [-0.1, -0.05) is 0 Å². The van der Waals surface area contributed by atoms with E-state index in [0.717, 1.165) is 19.5 Å². The first-order valence-corrected chi connectivity index (χ1v) is 6.52.